The van der Waals surface area contributed by atoms with Crippen LogP contribution in [0.5, 0.6) is 5.75 Å². The van der Waals surface area contributed by atoms with Crippen LogP contribution in [0.4, 0.5) is 5.69 Å². The molecule has 0 aliphatic carbocycles. The van der Waals surface area contributed by atoms with Crippen LogP contribution < -0.4 is 26.2 Å². The molecule has 4 N–H and O–H groups in total. The number of hydrogen-bond acceptors (Lipinski definition) is 5. The van der Waals surface area contributed by atoms with Gasteiger partial charge in [0.25, 0.3) is 11.8 Å². The summed E-state index contributed by atoms with van der Waals surface area (Å²) in [5.41, 5.74) is 6.69. The van der Waals surface area contributed by atoms with Crippen molar-refractivity contribution in [3.63, 3.8) is 0 Å². The zero-order valence-corrected chi connectivity index (χ0v) is 16.9. The zero-order valence-electron chi connectivity index (χ0n) is 16.1. The zero-order chi connectivity index (χ0) is 21.2. The molecule has 0 aliphatic rings. The van der Waals surface area contributed by atoms with Gasteiger partial charge in [-0.2, -0.15) is 0 Å². The average molecular weight is 414 g/mol. The van der Waals surface area contributed by atoms with Crippen molar-refractivity contribution in [2.45, 2.75) is 20.3 Å². The molecule has 2 aromatic carbocycles. The molecule has 2 aromatic rings. The summed E-state index contributed by atoms with van der Waals surface area (Å²) in [5, 5.41) is 5.03. The summed E-state index contributed by atoms with van der Waals surface area (Å²) in [4.78, 5) is 35.4. The van der Waals surface area contributed by atoms with E-state index >= 15 is 0 Å². The van der Waals surface area contributed by atoms with Gasteiger partial charge in [-0.05, 0) is 55.0 Å². The van der Waals surface area contributed by atoms with Gasteiger partial charge < -0.3 is 10.1 Å². The molecular formula is C20H22N4O4S. The first-order valence-electron chi connectivity index (χ1n) is 8.87. The Kier molecular flexibility index (Phi) is 8.11. The van der Waals surface area contributed by atoms with E-state index in [2.05, 4.69) is 21.5 Å². The number of anilines is 1. The normalized spacial score (nSPS) is 9.86. The lowest BCUT2D eigenvalue weighted by atomic mass is 10.2. The van der Waals surface area contributed by atoms with Crippen LogP contribution in [0.3, 0.4) is 0 Å². The van der Waals surface area contributed by atoms with Crippen LogP contribution in [0.15, 0.2) is 48.5 Å². The minimum Gasteiger partial charge on any atom is -0.483 e. The Morgan fingerprint density at radius 3 is 2.31 bits per heavy atom. The van der Waals surface area contributed by atoms with Crippen molar-refractivity contribution >= 4 is 40.7 Å². The SMILES string of the molecule is CCC(=O)Nc1ccc(C(=O)NNC(=S)NC(=O)COc2ccccc2C)cc1. The molecule has 0 atom stereocenters. The largest absolute Gasteiger partial charge is 0.483 e. The standard InChI is InChI=1S/C20H22N4O4S/c1-3-17(25)21-15-10-8-14(9-11-15)19(27)23-24-20(29)22-18(26)12-28-16-7-5-4-6-13(16)2/h4-11H,3,12H2,1-2H3,(H,21,25)(H,23,27)(H2,22,24,26,29). The number of para-hydroxylation sites is 1. The first-order valence-corrected chi connectivity index (χ1v) is 9.28. The Balaban J connectivity index is 1.75. The first kappa shape index (κ1) is 21.8. The molecule has 0 saturated heterocycles. The number of amides is 3. The Hall–Kier alpha value is -3.46. The predicted molar refractivity (Wildman–Crippen MR) is 113 cm³/mol. The fourth-order valence-corrected chi connectivity index (χ4v) is 2.36. The molecule has 0 spiro atoms. The molecule has 152 valence electrons. The van der Waals surface area contributed by atoms with Crippen molar-refractivity contribution in [3.8, 4) is 5.75 Å². The van der Waals surface area contributed by atoms with Gasteiger partial charge in [-0.25, -0.2) is 0 Å². The summed E-state index contributed by atoms with van der Waals surface area (Å²) < 4.78 is 5.42. The van der Waals surface area contributed by atoms with Gasteiger partial charge in [0, 0.05) is 17.7 Å². The second-order valence-corrected chi connectivity index (χ2v) is 6.40. The third-order valence-corrected chi connectivity index (χ3v) is 3.95. The van der Waals surface area contributed by atoms with Crippen molar-refractivity contribution in [2.75, 3.05) is 11.9 Å². The minimum absolute atomic E-state index is 0.0661. The molecule has 0 fully saturated rings. The van der Waals surface area contributed by atoms with E-state index in [-0.39, 0.29) is 17.6 Å². The summed E-state index contributed by atoms with van der Waals surface area (Å²) >= 11 is 4.98. The lowest BCUT2D eigenvalue weighted by molar-refractivity contribution is -0.121. The van der Waals surface area contributed by atoms with Crippen LogP contribution in [0.25, 0.3) is 0 Å². The molecule has 0 aromatic heterocycles. The topological polar surface area (TPSA) is 109 Å². The van der Waals surface area contributed by atoms with Crippen molar-refractivity contribution in [1.29, 1.82) is 0 Å². The Morgan fingerprint density at radius 2 is 1.66 bits per heavy atom. The number of hydrazine groups is 1. The summed E-state index contributed by atoms with van der Waals surface area (Å²) in [6.45, 7) is 3.41. The molecule has 0 heterocycles. The van der Waals surface area contributed by atoms with E-state index in [1.54, 1.807) is 37.3 Å². The van der Waals surface area contributed by atoms with Crippen LogP contribution in [0, 0.1) is 6.92 Å². The van der Waals surface area contributed by atoms with Gasteiger partial charge in [-0.3, -0.25) is 30.6 Å². The van der Waals surface area contributed by atoms with E-state index in [4.69, 9.17) is 17.0 Å². The molecule has 0 saturated carbocycles. The quantitative estimate of drug-likeness (QED) is 0.426. The molecule has 0 unspecified atom stereocenters. The lowest BCUT2D eigenvalue weighted by Crippen LogP contribution is -2.49. The van der Waals surface area contributed by atoms with Gasteiger partial charge in [0.2, 0.25) is 5.91 Å². The van der Waals surface area contributed by atoms with Gasteiger partial charge in [0.15, 0.2) is 11.7 Å². The van der Waals surface area contributed by atoms with Crippen molar-refractivity contribution in [3.05, 3.63) is 59.7 Å². The molecule has 0 bridgehead atoms. The fourth-order valence-electron chi connectivity index (χ4n) is 2.20. The third-order valence-electron chi connectivity index (χ3n) is 3.75. The number of carbonyl (C=O) groups excluding carboxylic acids is 3. The van der Waals surface area contributed by atoms with E-state index in [1.807, 2.05) is 25.1 Å². The number of carbonyl (C=O) groups is 3. The number of aryl methyl sites for hydroxylation is 1. The van der Waals surface area contributed by atoms with E-state index in [0.717, 1.165) is 5.56 Å². The van der Waals surface area contributed by atoms with Crippen LogP contribution in [-0.4, -0.2) is 29.4 Å². The van der Waals surface area contributed by atoms with Crippen molar-refractivity contribution < 1.29 is 19.1 Å². The molecule has 29 heavy (non-hydrogen) atoms. The van der Waals surface area contributed by atoms with Gasteiger partial charge in [0.1, 0.15) is 5.75 Å². The summed E-state index contributed by atoms with van der Waals surface area (Å²) in [6, 6.07) is 13.7. The molecule has 0 aliphatic heterocycles. The monoisotopic (exact) mass is 414 g/mol. The van der Waals surface area contributed by atoms with E-state index in [9.17, 15) is 14.4 Å². The number of ether oxygens (including phenoxy) is 1. The van der Waals surface area contributed by atoms with Gasteiger partial charge in [-0.15, -0.1) is 0 Å². The molecule has 9 heteroatoms. The molecule has 8 nitrogen and oxygen atoms in total. The predicted octanol–water partition coefficient (Wildman–Crippen LogP) is 2.06. The maximum atomic E-state index is 12.1. The van der Waals surface area contributed by atoms with Crippen molar-refractivity contribution in [2.24, 2.45) is 0 Å². The second-order valence-electron chi connectivity index (χ2n) is 5.99. The highest BCUT2D eigenvalue weighted by molar-refractivity contribution is 7.80. The minimum atomic E-state index is -0.462. The highest BCUT2D eigenvalue weighted by Crippen LogP contribution is 2.15. The fraction of sp³-hybridized carbons (Fsp3) is 0.200. The smallest absolute Gasteiger partial charge is 0.269 e. The first-order chi connectivity index (χ1) is 13.9. The van der Waals surface area contributed by atoms with Gasteiger partial charge in [0.05, 0.1) is 0 Å². The number of benzene rings is 2. The highest BCUT2D eigenvalue weighted by Gasteiger charge is 2.09. The van der Waals surface area contributed by atoms with Crippen LogP contribution in [-0.2, 0) is 9.59 Å². The summed E-state index contributed by atoms with van der Waals surface area (Å²) in [6.07, 6.45) is 0.366. The lowest BCUT2D eigenvalue weighted by Gasteiger charge is -2.12. The van der Waals surface area contributed by atoms with E-state index < -0.39 is 11.8 Å². The Morgan fingerprint density at radius 1 is 0.966 bits per heavy atom. The van der Waals surface area contributed by atoms with Crippen molar-refractivity contribution in [1.82, 2.24) is 16.2 Å². The average Bonchev–Trinajstić information content (AvgIpc) is 2.71. The number of thiocarbonyl (C=S) groups is 1. The molecule has 3 amide bonds. The van der Waals surface area contributed by atoms with Crippen LogP contribution >= 0.6 is 12.2 Å². The van der Waals surface area contributed by atoms with Gasteiger partial charge in [-0.1, -0.05) is 25.1 Å². The van der Waals surface area contributed by atoms with Crippen LogP contribution in [0.1, 0.15) is 29.3 Å². The summed E-state index contributed by atoms with van der Waals surface area (Å²) in [5.74, 6) is -0.424. The number of rotatable bonds is 6. The number of nitrogens with one attached hydrogen (secondary N) is 4. The highest BCUT2D eigenvalue weighted by atomic mass is 32.1. The third kappa shape index (κ3) is 7.23. The molecular weight excluding hydrogens is 392 g/mol. The maximum absolute atomic E-state index is 12.1. The van der Waals surface area contributed by atoms with Crippen LogP contribution in [0.2, 0.25) is 0 Å². The maximum Gasteiger partial charge on any atom is 0.269 e. The van der Waals surface area contributed by atoms with E-state index in [0.29, 0.717) is 23.4 Å². The van der Waals surface area contributed by atoms with E-state index in [1.165, 1.54) is 0 Å². The summed E-state index contributed by atoms with van der Waals surface area (Å²) in [7, 11) is 0. The molecule has 0 radical (unpaired) electrons. The Labute approximate surface area is 174 Å². The number of hydrogen-bond donors (Lipinski definition) is 4. The molecule has 2 rings (SSSR count). The second kappa shape index (κ2) is 10.8. The van der Waals surface area contributed by atoms with Gasteiger partial charge >= 0.3 is 0 Å². The Bertz CT molecular complexity index is 900.